The van der Waals surface area contributed by atoms with Crippen molar-refractivity contribution in [2.45, 2.75) is 50.9 Å². The number of rotatable bonds is 8. The highest BCUT2D eigenvalue weighted by molar-refractivity contribution is 5.71. The fourth-order valence-corrected chi connectivity index (χ4v) is 4.39. The van der Waals surface area contributed by atoms with Gasteiger partial charge in [0.15, 0.2) is 5.82 Å². The average molecular weight is 388 g/mol. The van der Waals surface area contributed by atoms with E-state index in [1.54, 1.807) is 0 Å². The second-order valence-electron chi connectivity index (χ2n) is 8.59. The lowest BCUT2D eigenvalue weighted by Gasteiger charge is -2.37. The van der Waals surface area contributed by atoms with Crippen molar-refractivity contribution in [3.05, 3.63) is 35.4 Å². The first-order valence-electron chi connectivity index (χ1n) is 10.1. The van der Waals surface area contributed by atoms with Crippen LogP contribution in [0.3, 0.4) is 0 Å². The molecule has 0 saturated carbocycles. The Hall–Kier alpha value is -2.35. The molecule has 1 fully saturated rings. The van der Waals surface area contributed by atoms with Crippen molar-refractivity contribution in [2.75, 3.05) is 27.2 Å². The van der Waals surface area contributed by atoms with E-state index in [9.17, 15) is 9.90 Å². The number of tetrazole rings is 1. The number of likely N-dealkylation sites (tertiary alicyclic amines) is 1. The SMILES string of the molecule is CCCC(C(=O)O)C(Cc1ccc(C2CCC[N+](C)(C)C2)nc1)c1nn[nH]n1. The lowest BCUT2D eigenvalue weighted by Crippen LogP contribution is -2.46. The van der Waals surface area contributed by atoms with Gasteiger partial charge in [0.05, 0.1) is 39.0 Å². The number of aromatic amines is 1. The fraction of sp³-hybridized carbons (Fsp3) is 0.650. The molecule has 0 aliphatic carbocycles. The van der Waals surface area contributed by atoms with Gasteiger partial charge in [0, 0.05) is 17.8 Å². The van der Waals surface area contributed by atoms with Crippen LogP contribution in [0.25, 0.3) is 0 Å². The molecule has 3 rings (SSSR count). The Balaban J connectivity index is 1.77. The van der Waals surface area contributed by atoms with Crippen molar-refractivity contribution in [3.8, 4) is 0 Å². The highest BCUT2D eigenvalue weighted by Crippen LogP contribution is 2.31. The summed E-state index contributed by atoms with van der Waals surface area (Å²) in [5.41, 5.74) is 2.14. The number of carboxylic acids is 1. The molecule has 1 aliphatic heterocycles. The molecule has 1 aliphatic rings. The lowest BCUT2D eigenvalue weighted by atomic mass is 9.83. The molecular formula is C20H31N6O2+. The first kappa shape index (κ1) is 20.4. The predicted octanol–water partition coefficient (Wildman–Crippen LogP) is 2.38. The number of aliphatic carboxylic acids is 1. The van der Waals surface area contributed by atoms with Crippen LogP contribution < -0.4 is 0 Å². The zero-order valence-electron chi connectivity index (χ0n) is 17.0. The summed E-state index contributed by atoms with van der Waals surface area (Å²) < 4.78 is 1.03. The molecule has 0 amide bonds. The number of pyridine rings is 1. The summed E-state index contributed by atoms with van der Waals surface area (Å²) in [6, 6.07) is 4.18. The number of nitrogens with zero attached hydrogens (tertiary/aromatic N) is 5. The van der Waals surface area contributed by atoms with Gasteiger partial charge >= 0.3 is 5.97 Å². The Morgan fingerprint density at radius 3 is 2.79 bits per heavy atom. The van der Waals surface area contributed by atoms with Crippen molar-refractivity contribution < 1.29 is 14.4 Å². The maximum absolute atomic E-state index is 11.8. The van der Waals surface area contributed by atoms with Crippen LogP contribution in [-0.4, -0.2) is 68.4 Å². The quantitative estimate of drug-likeness (QED) is 0.674. The molecule has 8 nitrogen and oxygen atoms in total. The molecule has 8 heteroatoms. The Morgan fingerprint density at radius 1 is 1.39 bits per heavy atom. The van der Waals surface area contributed by atoms with Gasteiger partial charge in [-0.3, -0.25) is 9.78 Å². The minimum atomic E-state index is -0.816. The van der Waals surface area contributed by atoms with Crippen LogP contribution >= 0.6 is 0 Å². The Labute approximate surface area is 166 Å². The molecule has 28 heavy (non-hydrogen) atoms. The van der Waals surface area contributed by atoms with Gasteiger partial charge in [0.1, 0.15) is 0 Å². The number of piperidine rings is 1. The third-order valence-electron chi connectivity index (χ3n) is 5.85. The van der Waals surface area contributed by atoms with Crippen LogP contribution in [0.15, 0.2) is 18.3 Å². The Morgan fingerprint density at radius 2 is 2.21 bits per heavy atom. The summed E-state index contributed by atoms with van der Waals surface area (Å²) >= 11 is 0. The van der Waals surface area contributed by atoms with Gasteiger partial charge in [-0.1, -0.05) is 24.6 Å². The first-order valence-corrected chi connectivity index (χ1v) is 10.1. The number of quaternary nitrogens is 1. The van der Waals surface area contributed by atoms with Gasteiger partial charge in [-0.05, 0) is 37.3 Å². The van der Waals surface area contributed by atoms with Crippen LogP contribution in [0.1, 0.15) is 61.5 Å². The molecular weight excluding hydrogens is 356 g/mol. The standard InChI is InChI=1S/C20H30N6O2/c1-4-6-16(20(27)28)17(19-22-24-25-23-19)11-14-8-9-18(21-12-14)15-7-5-10-26(2,3)13-15/h8-9,12,15-17H,4-7,10-11,13H2,1-3H3,(H-,22,23,24,25,27,28)/p+1. The summed E-state index contributed by atoms with van der Waals surface area (Å²) in [4.78, 5) is 16.6. The molecule has 152 valence electrons. The predicted molar refractivity (Wildman–Crippen MR) is 105 cm³/mol. The van der Waals surface area contributed by atoms with Crippen molar-refractivity contribution in [3.63, 3.8) is 0 Å². The minimum absolute atomic E-state index is 0.325. The maximum atomic E-state index is 11.8. The van der Waals surface area contributed by atoms with Crippen molar-refractivity contribution in [1.82, 2.24) is 25.6 Å². The smallest absolute Gasteiger partial charge is 0.307 e. The van der Waals surface area contributed by atoms with E-state index < -0.39 is 11.9 Å². The zero-order valence-corrected chi connectivity index (χ0v) is 17.0. The highest BCUT2D eigenvalue weighted by Gasteiger charge is 2.32. The molecule has 3 unspecified atom stereocenters. The average Bonchev–Trinajstić information content (AvgIpc) is 3.18. The fourth-order valence-electron chi connectivity index (χ4n) is 4.39. The monoisotopic (exact) mass is 387 g/mol. The van der Waals surface area contributed by atoms with Crippen LogP contribution in [-0.2, 0) is 11.2 Å². The topological polar surface area (TPSA) is 105 Å². The number of hydrogen-bond donors (Lipinski definition) is 2. The number of carboxylic acid groups (broad SMARTS) is 1. The Bertz CT molecular complexity index is 760. The van der Waals surface area contributed by atoms with E-state index >= 15 is 0 Å². The third kappa shape index (κ3) is 4.92. The van der Waals surface area contributed by atoms with Gasteiger partial charge in [0.2, 0.25) is 0 Å². The summed E-state index contributed by atoms with van der Waals surface area (Å²) in [6.45, 7) is 4.31. The molecule has 0 radical (unpaired) electrons. The molecule has 0 spiro atoms. The van der Waals surface area contributed by atoms with Crippen molar-refractivity contribution in [1.29, 1.82) is 0 Å². The van der Waals surface area contributed by atoms with Crippen LogP contribution in [0.2, 0.25) is 0 Å². The second kappa shape index (κ2) is 8.77. The van der Waals surface area contributed by atoms with Crippen molar-refractivity contribution >= 4 is 5.97 Å². The van der Waals surface area contributed by atoms with E-state index in [1.807, 2.05) is 13.1 Å². The van der Waals surface area contributed by atoms with Crippen LogP contribution in [0.4, 0.5) is 0 Å². The molecule has 0 bridgehead atoms. The zero-order chi connectivity index (χ0) is 20.1. The second-order valence-corrected chi connectivity index (χ2v) is 8.59. The molecule has 3 atom stereocenters. The molecule has 2 aromatic rings. The van der Waals surface area contributed by atoms with Gasteiger partial charge in [-0.15, -0.1) is 10.2 Å². The minimum Gasteiger partial charge on any atom is -0.481 e. The van der Waals surface area contributed by atoms with Gasteiger partial charge in [0.25, 0.3) is 0 Å². The van der Waals surface area contributed by atoms with E-state index in [1.165, 1.54) is 19.4 Å². The summed E-state index contributed by atoms with van der Waals surface area (Å²) in [5, 5.41) is 23.9. The number of nitrogens with one attached hydrogen (secondary N) is 1. The molecule has 1 saturated heterocycles. The van der Waals surface area contributed by atoms with Gasteiger partial charge in [-0.2, -0.15) is 5.21 Å². The van der Waals surface area contributed by atoms with Gasteiger partial charge in [-0.25, -0.2) is 0 Å². The van der Waals surface area contributed by atoms with Crippen LogP contribution in [0.5, 0.6) is 0 Å². The number of H-pyrrole nitrogens is 1. The van der Waals surface area contributed by atoms with E-state index in [2.05, 4.69) is 46.9 Å². The van der Waals surface area contributed by atoms with Crippen LogP contribution in [0, 0.1) is 5.92 Å². The van der Waals surface area contributed by atoms with E-state index in [4.69, 9.17) is 4.98 Å². The largest absolute Gasteiger partial charge is 0.481 e. The number of likely N-dealkylation sites (N-methyl/N-ethyl adjacent to an activating group) is 1. The van der Waals surface area contributed by atoms with E-state index in [0.717, 1.165) is 28.7 Å². The highest BCUT2D eigenvalue weighted by atomic mass is 16.4. The lowest BCUT2D eigenvalue weighted by molar-refractivity contribution is -0.896. The van der Waals surface area contributed by atoms with E-state index in [-0.39, 0.29) is 5.92 Å². The maximum Gasteiger partial charge on any atom is 0.307 e. The molecule has 3 heterocycles. The van der Waals surface area contributed by atoms with Crippen molar-refractivity contribution in [2.24, 2.45) is 5.92 Å². The number of carbonyl (C=O) groups is 1. The molecule has 0 aromatic carbocycles. The summed E-state index contributed by atoms with van der Waals surface area (Å²) in [6.07, 6.45) is 6.20. The Kier molecular flexibility index (Phi) is 6.39. The molecule has 2 aromatic heterocycles. The number of aromatic nitrogens is 5. The van der Waals surface area contributed by atoms with Gasteiger partial charge < -0.3 is 9.59 Å². The van der Waals surface area contributed by atoms with E-state index in [0.29, 0.717) is 24.6 Å². The third-order valence-corrected chi connectivity index (χ3v) is 5.85. The summed E-state index contributed by atoms with van der Waals surface area (Å²) in [5.74, 6) is -0.745. The summed E-state index contributed by atoms with van der Waals surface area (Å²) in [7, 11) is 4.55. The normalized spacial score (nSPS) is 21.2. The first-order chi connectivity index (χ1) is 13.4. The number of hydrogen-bond acceptors (Lipinski definition) is 5. The molecule has 2 N–H and O–H groups in total.